The van der Waals surface area contributed by atoms with Gasteiger partial charge in [0.1, 0.15) is 4.90 Å². The number of piperazine rings is 1. The van der Waals surface area contributed by atoms with E-state index >= 15 is 0 Å². The van der Waals surface area contributed by atoms with E-state index in [-0.39, 0.29) is 35.6 Å². The summed E-state index contributed by atoms with van der Waals surface area (Å²) in [5.74, 6) is -2.33. The third-order valence-electron chi connectivity index (χ3n) is 18.1. The van der Waals surface area contributed by atoms with Crippen LogP contribution in [0.15, 0.2) is 117 Å². The van der Waals surface area contributed by atoms with Crippen LogP contribution >= 0.6 is 11.8 Å². The van der Waals surface area contributed by atoms with Crippen LogP contribution in [0.4, 0.5) is 39.0 Å². The number of rotatable bonds is 37. The second-order valence-electron chi connectivity index (χ2n) is 25.4. The Morgan fingerprint density at radius 1 is 0.806 bits per heavy atom. The average molecular weight is 1360 g/mol. The molecule has 1 saturated heterocycles. The SMILES string of the molecule is CCC1(C2=C(CNCCCCNc3ccc(C(=O)NS(=O)(=O)c4ccc(NC(CCN5CCN(CCCCCNc6ccc(C)c(C(=O)N(C=O)C(C)CCC(=O)NC=O)c6)CC5)CSc5ccccc5)c(S(=O)(=O)C(F)(F)F)c4)cc3)CCC(C)(C)C2)CC1C(F)F. The van der Waals surface area contributed by atoms with Crippen LogP contribution in [-0.2, 0) is 34.2 Å². The van der Waals surface area contributed by atoms with E-state index in [2.05, 4.69) is 44.9 Å². The molecule has 7 rings (SSSR count). The fourth-order valence-corrected chi connectivity index (χ4v) is 15.3. The van der Waals surface area contributed by atoms with Crippen molar-refractivity contribution < 1.29 is 62.8 Å². The lowest BCUT2D eigenvalue weighted by molar-refractivity contribution is -0.126. The van der Waals surface area contributed by atoms with E-state index in [4.69, 9.17) is 0 Å². The van der Waals surface area contributed by atoms with E-state index in [1.807, 2.05) is 53.4 Å². The smallest absolute Gasteiger partial charge is 0.385 e. The van der Waals surface area contributed by atoms with E-state index < -0.39 is 83.0 Å². The number of alkyl halides is 5. The van der Waals surface area contributed by atoms with Gasteiger partial charge in [-0.05, 0) is 175 Å². The number of hydrogen-bond acceptors (Lipinski definition) is 16. The van der Waals surface area contributed by atoms with Crippen LogP contribution in [0.25, 0.3) is 0 Å². The molecule has 510 valence electrons. The summed E-state index contributed by atoms with van der Waals surface area (Å²) < 4.78 is 127. The van der Waals surface area contributed by atoms with Crippen LogP contribution in [0.3, 0.4) is 0 Å². The molecule has 26 heteroatoms. The summed E-state index contributed by atoms with van der Waals surface area (Å²) in [6.45, 7) is 16.9. The first kappa shape index (κ1) is 74.0. The van der Waals surface area contributed by atoms with Gasteiger partial charge in [-0.25, -0.2) is 30.3 Å². The van der Waals surface area contributed by atoms with Gasteiger partial charge in [-0.15, -0.1) is 11.8 Å². The molecule has 0 bridgehead atoms. The number of sulfonamides is 1. The molecule has 4 aromatic carbocycles. The number of sulfone groups is 1. The molecule has 0 aromatic heterocycles. The van der Waals surface area contributed by atoms with Crippen LogP contribution in [-0.4, -0.2) is 157 Å². The van der Waals surface area contributed by atoms with Crippen molar-refractivity contribution in [1.29, 1.82) is 0 Å². The Morgan fingerprint density at radius 2 is 1.46 bits per heavy atom. The van der Waals surface area contributed by atoms with Gasteiger partial charge in [0, 0.05) is 115 Å². The summed E-state index contributed by atoms with van der Waals surface area (Å²) in [5, 5.41) is 15.3. The standard InChI is InChI=1S/C67H90F5N9O9S3/c1-6-66(42-58(66)62(68)69)57-41-65(4,5)29-27-50(57)43-73-30-12-13-32-74-51-22-19-49(20-23-51)63(85)78-93(89,90)55-24-25-59(60(40-55)92(87,88)67(70,71)72)77-53(44-91-54-15-9-7-10-16-54)28-34-80-37-35-79(36-38-80)33-14-8-11-31-75-52-21-17-47(2)56(39-52)64(86)81(46-83)48(3)18-26-61(84)76-45-82/h7,9-10,15-17,19-25,39-40,45-46,48,53,58,62,73-75,77H,6,8,11-14,18,26-38,41-44H2,1-5H3,(H,78,85)(H,76,82,84). The van der Waals surface area contributed by atoms with E-state index in [0.29, 0.717) is 87.2 Å². The number of allylic oxidation sites excluding steroid dienone is 1. The van der Waals surface area contributed by atoms with Crippen molar-refractivity contribution in [3.8, 4) is 0 Å². The maximum absolute atomic E-state index is 14.5. The molecular formula is C67H90F5N9O9S3. The zero-order valence-corrected chi connectivity index (χ0v) is 56.2. The van der Waals surface area contributed by atoms with Crippen LogP contribution in [0.1, 0.15) is 137 Å². The van der Waals surface area contributed by atoms with Crippen molar-refractivity contribution in [3.63, 3.8) is 0 Å². The number of carbonyl (C=O) groups is 5. The van der Waals surface area contributed by atoms with Gasteiger partial charge in [0.25, 0.3) is 31.7 Å². The van der Waals surface area contributed by atoms with Crippen LogP contribution in [0.5, 0.6) is 0 Å². The third kappa shape index (κ3) is 20.8. The number of nitrogens with zero attached hydrogens (tertiary/aromatic N) is 3. The summed E-state index contributed by atoms with van der Waals surface area (Å²) in [6.07, 6.45) is 7.32. The van der Waals surface area contributed by atoms with Gasteiger partial charge in [-0.1, -0.05) is 62.6 Å². The average Bonchev–Trinajstić information content (AvgIpc) is 1.58. The molecule has 5 amide bonds. The lowest BCUT2D eigenvalue weighted by Crippen LogP contribution is -2.47. The number of amides is 5. The van der Waals surface area contributed by atoms with Gasteiger partial charge in [-0.2, -0.15) is 13.2 Å². The molecule has 4 unspecified atom stereocenters. The Kier molecular flexibility index (Phi) is 26.9. The summed E-state index contributed by atoms with van der Waals surface area (Å²) >= 11 is 1.43. The highest BCUT2D eigenvalue weighted by atomic mass is 32.2. The molecule has 4 aromatic rings. The van der Waals surface area contributed by atoms with Crippen molar-refractivity contribution >= 4 is 79.2 Å². The summed E-state index contributed by atoms with van der Waals surface area (Å²) in [6, 6.07) is 21.8. The predicted octanol–water partition coefficient (Wildman–Crippen LogP) is 11.3. The van der Waals surface area contributed by atoms with Gasteiger partial charge in [0.2, 0.25) is 25.2 Å². The number of unbranched alkanes of at least 4 members (excludes halogenated alkanes) is 3. The first-order chi connectivity index (χ1) is 44.2. The Bertz CT molecular complexity index is 3450. The monoisotopic (exact) mass is 1360 g/mol. The molecule has 1 heterocycles. The lowest BCUT2D eigenvalue weighted by Gasteiger charge is -2.37. The Balaban J connectivity index is 0.879. The molecule has 2 fully saturated rings. The van der Waals surface area contributed by atoms with Crippen molar-refractivity contribution in [2.24, 2.45) is 16.7 Å². The van der Waals surface area contributed by atoms with Crippen LogP contribution < -0.4 is 31.3 Å². The molecule has 1 aliphatic heterocycles. The summed E-state index contributed by atoms with van der Waals surface area (Å²) in [7, 11) is -11.1. The van der Waals surface area contributed by atoms with Crippen LogP contribution in [0.2, 0.25) is 0 Å². The maximum atomic E-state index is 14.5. The molecule has 2 aliphatic carbocycles. The first-order valence-corrected chi connectivity index (χ1v) is 36.0. The number of thioether (sulfide) groups is 1. The van der Waals surface area contributed by atoms with Gasteiger partial charge < -0.3 is 31.1 Å². The highest BCUT2D eigenvalue weighted by Gasteiger charge is 2.60. The second-order valence-corrected chi connectivity index (χ2v) is 30.0. The summed E-state index contributed by atoms with van der Waals surface area (Å²) in [4.78, 5) is 65.5. The number of carbonyl (C=O) groups excluding carboxylic acids is 5. The lowest BCUT2D eigenvalue weighted by atomic mass is 9.68. The van der Waals surface area contributed by atoms with E-state index in [1.165, 1.54) is 35.0 Å². The van der Waals surface area contributed by atoms with Crippen molar-refractivity contribution in [3.05, 3.63) is 119 Å². The topological polar surface area (TPSA) is 236 Å². The maximum Gasteiger partial charge on any atom is 0.501 e. The summed E-state index contributed by atoms with van der Waals surface area (Å²) in [5.41, 5.74) is -1.71. The normalized spacial score (nSPS) is 18.5. The molecule has 6 N–H and O–H groups in total. The number of anilines is 3. The quantitative estimate of drug-likeness (QED) is 0.00810. The molecule has 18 nitrogen and oxygen atoms in total. The first-order valence-electron chi connectivity index (χ1n) is 32.0. The zero-order valence-electron chi connectivity index (χ0n) is 53.7. The van der Waals surface area contributed by atoms with E-state index in [9.17, 15) is 62.8 Å². The highest BCUT2D eigenvalue weighted by Crippen LogP contribution is 2.66. The largest absolute Gasteiger partial charge is 0.501 e. The Labute approximate surface area is 548 Å². The van der Waals surface area contributed by atoms with Gasteiger partial charge in [0.15, 0.2) is 0 Å². The molecule has 93 heavy (non-hydrogen) atoms. The van der Waals surface area contributed by atoms with Gasteiger partial charge >= 0.3 is 5.51 Å². The number of halogens is 5. The second kappa shape index (κ2) is 33.8. The fourth-order valence-electron chi connectivity index (χ4n) is 12.3. The number of aryl methyl sites for hydroxylation is 1. The molecule has 3 aliphatic rings. The number of nitrogens with one attached hydrogen (secondary N) is 6. The van der Waals surface area contributed by atoms with Gasteiger partial charge in [0.05, 0.1) is 10.6 Å². The third-order valence-corrected chi connectivity index (χ3v) is 22.2. The number of benzene rings is 4. The minimum absolute atomic E-state index is 0.0328. The Hall–Kier alpha value is -6.45. The minimum Gasteiger partial charge on any atom is -0.385 e. The number of imide groups is 2. The van der Waals surface area contributed by atoms with E-state index in [0.717, 1.165) is 112 Å². The fraction of sp³-hybridized carbons (Fsp3) is 0.537. The van der Waals surface area contributed by atoms with E-state index in [1.54, 1.807) is 38.1 Å². The predicted molar refractivity (Wildman–Crippen MR) is 354 cm³/mol. The Morgan fingerprint density at radius 3 is 2.11 bits per heavy atom. The molecule has 0 radical (unpaired) electrons. The van der Waals surface area contributed by atoms with Crippen molar-refractivity contribution in [2.75, 3.05) is 87.2 Å². The highest BCUT2D eigenvalue weighted by molar-refractivity contribution is 7.99. The van der Waals surface area contributed by atoms with Crippen LogP contribution in [0, 0.1) is 23.7 Å². The number of hydrogen-bond donors (Lipinski definition) is 6. The minimum atomic E-state index is -6.14. The van der Waals surface area contributed by atoms with Crippen molar-refractivity contribution in [2.45, 2.75) is 157 Å². The molecular weight excluding hydrogens is 1270 g/mol. The molecule has 4 atom stereocenters. The van der Waals surface area contributed by atoms with Gasteiger partial charge in [-0.3, -0.25) is 34.2 Å². The van der Waals surface area contributed by atoms with Crippen molar-refractivity contribution in [1.82, 2.24) is 30.1 Å². The zero-order chi connectivity index (χ0) is 67.6. The molecule has 1 saturated carbocycles. The molecule has 0 spiro atoms.